The van der Waals surface area contributed by atoms with E-state index in [1.165, 1.54) is 11.0 Å². The maximum atomic E-state index is 11.4. The third-order valence-electron chi connectivity index (χ3n) is 3.80. The summed E-state index contributed by atoms with van der Waals surface area (Å²) >= 11 is 0. The molecule has 3 rings (SSSR count). The standard InChI is InChI=1S/C20H20NO7P/c22-15-21(12-13-25-14-19-10-11-20(27-19)28-29(23)24)16-6-8-18(9-7-16)26-17-4-2-1-3-5-17/h1-11,15,23-24H,12-14H2. The predicted molar refractivity (Wildman–Crippen MR) is 107 cm³/mol. The number of nitrogens with zero attached hydrogens (tertiary/aromatic N) is 1. The van der Waals surface area contributed by atoms with Crippen LogP contribution in [0.2, 0.25) is 0 Å². The van der Waals surface area contributed by atoms with E-state index < -0.39 is 8.60 Å². The van der Waals surface area contributed by atoms with Gasteiger partial charge in [-0.05, 0) is 42.5 Å². The second kappa shape index (κ2) is 10.6. The summed E-state index contributed by atoms with van der Waals surface area (Å²) in [6.07, 6.45) is 0.736. The van der Waals surface area contributed by atoms with Gasteiger partial charge >= 0.3 is 8.60 Å². The average molecular weight is 417 g/mol. The molecule has 2 aromatic carbocycles. The van der Waals surface area contributed by atoms with E-state index in [4.69, 9.17) is 23.7 Å². The van der Waals surface area contributed by atoms with Crippen LogP contribution in [-0.4, -0.2) is 29.3 Å². The summed E-state index contributed by atoms with van der Waals surface area (Å²) in [4.78, 5) is 30.5. The van der Waals surface area contributed by atoms with Gasteiger partial charge in [-0.1, -0.05) is 18.2 Å². The molecule has 9 heteroatoms. The number of amides is 1. The number of carbonyl (C=O) groups excluding carboxylic acids is 1. The fourth-order valence-electron chi connectivity index (χ4n) is 2.47. The highest BCUT2D eigenvalue weighted by Gasteiger charge is 2.09. The Bertz CT molecular complexity index is 883. The lowest BCUT2D eigenvalue weighted by Gasteiger charge is -2.17. The minimum atomic E-state index is -2.52. The molecule has 0 aliphatic rings. The highest BCUT2D eigenvalue weighted by Crippen LogP contribution is 2.30. The lowest BCUT2D eigenvalue weighted by molar-refractivity contribution is -0.107. The van der Waals surface area contributed by atoms with Crippen LogP contribution in [0.4, 0.5) is 5.69 Å². The van der Waals surface area contributed by atoms with Crippen molar-refractivity contribution in [3.8, 4) is 17.4 Å². The lowest BCUT2D eigenvalue weighted by Crippen LogP contribution is -2.25. The van der Waals surface area contributed by atoms with E-state index >= 15 is 0 Å². The van der Waals surface area contributed by atoms with Crippen molar-refractivity contribution in [2.45, 2.75) is 6.61 Å². The first-order valence-electron chi connectivity index (χ1n) is 8.71. The smallest absolute Gasteiger partial charge is 0.393 e. The highest BCUT2D eigenvalue weighted by atomic mass is 31.2. The molecule has 0 saturated heterocycles. The Hall–Kier alpha value is -2.90. The summed E-state index contributed by atoms with van der Waals surface area (Å²) < 4.78 is 21.1. The largest absolute Gasteiger partial charge is 0.457 e. The summed E-state index contributed by atoms with van der Waals surface area (Å²) in [6, 6.07) is 19.7. The molecule has 0 unspecified atom stereocenters. The number of para-hydroxylation sites is 1. The number of benzene rings is 2. The summed E-state index contributed by atoms with van der Waals surface area (Å²) in [6.45, 7) is 0.796. The van der Waals surface area contributed by atoms with Gasteiger partial charge in [0.25, 0.3) is 5.95 Å². The van der Waals surface area contributed by atoms with Crippen LogP contribution in [0.25, 0.3) is 0 Å². The Morgan fingerprint density at radius 1 is 0.966 bits per heavy atom. The number of hydrogen-bond donors (Lipinski definition) is 2. The van der Waals surface area contributed by atoms with Crippen LogP contribution in [-0.2, 0) is 16.1 Å². The molecule has 8 nitrogen and oxygen atoms in total. The van der Waals surface area contributed by atoms with E-state index in [0.717, 1.165) is 17.8 Å². The minimum absolute atomic E-state index is 0.00652. The Morgan fingerprint density at radius 2 is 1.69 bits per heavy atom. The van der Waals surface area contributed by atoms with Crippen molar-refractivity contribution in [2.75, 3.05) is 18.1 Å². The molecule has 2 N–H and O–H groups in total. The Labute approximate surface area is 168 Å². The van der Waals surface area contributed by atoms with Crippen molar-refractivity contribution in [3.05, 3.63) is 72.5 Å². The molecule has 0 saturated carbocycles. The van der Waals surface area contributed by atoms with Gasteiger partial charge in [0.15, 0.2) is 0 Å². The fraction of sp³-hybridized carbons (Fsp3) is 0.150. The van der Waals surface area contributed by atoms with Crippen molar-refractivity contribution < 1.29 is 33.0 Å². The van der Waals surface area contributed by atoms with E-state index in [1.54, 1.807) is 30.3 Å². The second-order valence-electron chi connectivity index (χ2n) is 5.83. The number of carbonyl (C=O) groups is 1. The number of furan rings is 1. The molecule has 0 aliphatic carbocycles. The fourth-order valence-corrected chi connectivity index (χ4v) is 2.73. The van der Waals surface area contributed by atoms with Crippen LogP contribution >= 0.6 is 8.60 Å². The molecule has 0 bridgehead atoms. The Morgan fingerprint density at radius 3 is 2.38 bits per heavy atom. The van der Waals surface area contributed by atoms with Crippen molar-refractivity contribution in [3.63, 3.8) is 0 Å². The molecule has 3 aromatic rings. The predicted octanol–water partition coefficient (Wildman–Crippen LogP) is 3.84. The molecule has 0 atom stereocenters. The lowest BCUT2D eigenvalue weighted by atomic mass is 10.2. The molecular formula is C20H20NO7P. The van der Waals surface area contributed by atoms with E-state index in [2.05, 4.69) is 4.52 Å². The monoisotopic (exact) mass is 417 g/mol. The van der Waals surface area contributed by atoms with Crippen LogP contribution < -0.4 is 14.2 Å². The van der Waals surface area contributed by atoms with Gasteiger partial charge in [0.1, 0.15) is 23.9 Å². The molecule has 0 radical (unpaired) electrons. The van der Waals surface area contributed by atoms with Crippen molar-refractivity contribution >= 4 is 20.7 Å². The Kier molecular flexibility index (Phi) is 7.61. The van der Waals surface area contributed by atoms with Crippen LogP contribution in [0.1, 0.15) is 5.76 Å². The van der Waals surface area contributed by atoms with Crippen molar-refractivity contribution in [1.29, 1.82) is 0 Å². The van der Waals surface area contributed by atoms with Gasteiger partial charge in [-0.25, -0.2) is 0 Å². The molecule has 1 amide bonds. The summed E-state index contributed by atoms with van der Waals surface area (Å²) in [5.74, 6) is 1.89. The summed E-state index contributed by atoms with van der Waals surface area (Å²) in [5, 5.41) is 0. The normalized spacial score (nSPS) is 10.7. The van der Waals surface area contributed by atoms with E-state index in [0.29, 0.717) is 18.1 Å². The maximum absolute atomic E-state index is 11.4. The van der Waals surface area contributed by atoms with Gasteiger partial charge in [0, 0.05) is 18.3 Å². The maximum Gasteiger partial charge on any atom is 0.393 e. The summed E-state index contributed by atoms with van der Waals surface area (Å²) in [7, 11) is -2.52. The Balaban J connectivity index is 1.46. The average Bonchev–Trinajstić information content (AvgIpc) is 3.16. The van der Waals surface area contributed by atoms with E-state index in [1.807, 2.05) is 30.3 Å². The number of anilines is 1. The van der Waals surface area contributed by atoms with E-state index in [-0.39, 0.29) is 19.2 Å². The first-order valence-corrected chi connectivity index (χ1v) is 9.88. The van der Waals surface area contributed by atoms with Gasteiger partial charge in [-0.3, -0.25) is 4.79 Å². The third kappa shape index (κ3) is 6.58. The first kappa shape index (κ1) is 20.8. The van der Waals surface area contributed by atoms with Crippen LogP contribution in [0.15, 0.2) is 71.1 Å². The van der Waals surface area contributed by atoms with Gasteiger partial charge in [-0.15, -0.1) is 0 Å². The molecule has 152 valence electrons. The van der Waals surface area contributed by atoms with Crippen molar-refractivity contribution in [2.24, 2.45) is 0 Å². The zero-order valence-electron chi connectivity index (χ0n) is 15.4. The molecule has 0 spiro atoms. The molecular weight excluding hydrogens is 397 g/mol. The highest BCUT2D eigenvalue weighted by molar-refractivity contribution is 7.39. The van der Waals surface area contributed by atoms with Crippen LogP contribution in [0.3, 0.4) is 0 Å². The number of hydrogen-bond acceptors (Lipinski definition) is 7. The molecule has 0 fully saturated rings. The molecule has 1 aromatic heterocycles. The first-order chi connectivity index (χ1) is 14.1. The van der Waals surface area contributed by atoms with Crippen LogP contribution in [0, 0.1) is 0 Å². The zero-order valence-corrected chi connectivity index (χ0v) is 16.3. The molecule has 1 heterocycles. The molecule has 29 heavy (non-hydrogen) atoms. The SMILES string of the molecule is O=CN(CCOCc1ccc(OP(O)O)o1)c1ccc(Oc2ccccc2)cc1. The minimum Gasteiger partial charge on any atom is -0.457 e. The van der Waals surface area contributed by atoms with Crippen molar-refractivity contribution in [1.82, 2.24) is 0 Å². The second-order valence-corrected chi connectivity index (χ2v) is 6.51. The quantitative estimate of drug-likeness (QED) is 0.278. The molecule has 0 aliphatic heterocycles. The van der Waals surface area contributed by atoms with Gasteiger partial charge < -0.3 is 33.1 Å². The zero-order chi connectivity index (χ0) is 20.5. The van der Waals surface area contributed by atoms with Gasteiger partial charge in [0.2, 0.25) is 6.41 Å². The van der Waals surface area contributed by atoms with E-state index in [9.17, 15) is 4.79 Å². The number of ether oxygens (including phenoxy) is 2. The topological polar surface area (TPSA) is 102 Å². The summed E-state index contributed by atoms with van der Waals surface area (Å²) in [5.41, 5.74) is 0.719. The third-order valence-corrected chi connectivity index (χ3v) is 4.15. The van der Waals surface area contributed by atoms with Gasteiger partial charge in [-0.2, -0.15) is 0 Å². The number of rotatable bonds is 11. The van der Waals surface area contributed by atoms with Gasteiger partial charge in [0.05, 0.1) is 6.61 Å². The van der Waals surface area contributed by atoms with Crippen LogP contribution in [0.5, 0.6) is 17.4 Å².